The van der Waals surface area contributed by atoms with Crippen LogP contribution in [0.2, 0.25) is 0 Å². The molecule has 1 spiro atoms. The van der Waals surface area contributed by atoms with E-state index in [9.17, 15) is 22.7 Å². The lowest BCUT2D eigenvalue weighted by molar-refractivity contribution is -0.0941. The first-order chi connectivity index (χ1) is 18.8. The van der Waals surface area contributed by atoms with Crippen molar-refractivity contribution in [1.29, 1.82) is 0 Å². The number of halogens is 4. The van der Waals surface area contributed by atoms with Crippen LogP contribution in [0.25, 0.3) is 0 Å². The van der Waals surface area contributed by atoms with Gasteiger partial charge in [-0.25, -0.2) is 17.6 Å². The maximum absolute atomic E-state index is 14.2. The van der Waals surface area contributed by atoms with E-state index in [4.69, 9.17) is 4.74 Å². The largest absolute Gasteiger partial charge is 0.374 e. The highest BCUT2D eigenvalue weighted by Gasteiger charge is 2.46. The Morgan fingerprint density at radius 2 is 1.54 bits per heavy atom. The van der Waals surface area contributed by atoms with Crippen LogP contribution in [0.4, 0.5) is 17.6 Å². The molecule has 1 unspecified atom stereocenters. The van der Waals surface area contributed by atoms with Crippen LogP contribution in [0.1, 0.15) is 52.6 Å². The molecule has 2 aromatic carbocycles. The van der Waals surface area contributed by atoms with Crippen molar-refractivity contribution in [2.24, 2.45) is 0 Å². The van der Waals surface area contributed by atoms with Gasteiger partial charge in [0.1, 0.15) is 0 Å². The van der Waals surface area contributed by atoms with E-state index in [2.05, 4.69) is 20.3 Å². The Kier molecular flexibility index (Phi) is 6.41. The Bertz CT molecular complexity index is 1470. The number of fused-ring (bicyclic) bond motifs is 2. The zero-order chi connectivity index (χ0) is 27.2. The fourth-order valence-corrected chi connectivity index (χ4v) is 5.58. The molecule has 2 aliphatic rings. The van der Waals surface area contributed by atoms with Gasteiger partial charge in [0.15, 0.2) is 28.9 Å². The average Bonchev–Trinajstić information content (AvgIpc) is 3.24. The summed E-state index contributed by atoms with van der Waals surface area (Å²) in [6.07, 6.45) is 8.10. The van der Waals surface area contributed by atoms with E-state index < -0.39 is 34.5 Å². The van der Waals surface area contributed by atoms with Gasteiger partial charge in [-0.1, -0.05) is 12.1 Å². The molecule has 0 saturated carbocycles. The quantitative estimate of drug-likeness (QED) is 0.363. The third-order valence-corrected chi connectivity index (χ3v) is 7.62. The lowest BCUT2D eigenvalue weighted by Gasteiger charge is -2.34. The maximum atomic E-state index is 14.2. The summed E-state index contributed by atoms with van der Waals surface area (Å²) in [4.78, 5) is 13.2. The predicted octanol–water partition coefficient (Wildman–Crippen LogP) is 4.60. The Morgan fingerprint density at radius 1 is 0.872 bits per heavy atom. The summed E-state index contributed by atoms with van der Waals surface area (Å²) in [7, 11) is 0. The van der Waals surface area contributed by atoms with E-state index >= 15 is 0 Å². The average molecular weight is 537 g/mol. The van der Waals surface area contributed by atoms with Gasteiger partial charge >= 0.3 is 0 Å². The Hall–Kier alpha value is -3.73. The number of nitrogens with one attached hydrogen (secondary N) is 1. The summed E-state index contributed by atoms with van der Waals surface area (Å²) in [5.41, 5.74) is -0.288. The van der Waals surface area contributed by atoms with Crippen molar-refractivity contribution in [3.05, 3.63) is 124 Å². The predicted molar refractivity (Wildman–Crippen MR) is 132 cm³/mol. The van der Waals surface area contributed by atoms with Crippen molar-refractivity contribution in [3.8, 4) is 0 Å². The number of aliphatic hydroxyl groups is 1. The summed E-state index contributed by atoms with van der Waals surface area (Å²) >= 11 is 0. The summed E-state index contributed by atoms with van der Waals surface area (Å²) in [6, 6.07) is 7.54. The molecule has 2 aromatic heterocycles. The SMILES string of the molecule is OC(c1ccc(F)c(F)c1)(c1ccc(F)c(F)c1)c1cnc(CC2OC3(CCNCC3)c3cnccc32)cn1. The van der Waals surface area contributed by atoms with E-state index in [0.29, 0.717) is 12.1 Å². The molecule has 4 heterocycles. The maximum Gasteiger partial charge on any atom is 0.159 e. The number of hydrogen-bond donors (Lipinski definition) is 2. The Labute approximate surface area is 221 Å². The molecule has 1 saturated heterocycles. The molecule has 0 bridgehead atoms. The fraction of sp³-hybridized carbons (Fsp3) is 0.276. The summed E-state index contributed by atoms with van der Waals surface area (Å²) in [6.45, 7) is 1.67. The Morgan fingerprint density at radius 3 is 2.13 bits per heavy atom. The van der Waals surface area contributed by atoms with Gasteiger partial charge in [-0.05, 0) is 73.0 Å². The van der Waals surface area contributed by atoms with Crippen molar-refractivity contribution >= 4 is 0 Å². The molecule has 1 fully saturated rings. The van der Waals surface area contributed by atoms with Crippen LogP contribution in [0, 0.1) is 23.3 Å². The number of ether oxygens (including phenoxy) is 1. The topological polar surface area (TPSA) is 80.2 Å². The van der Waals surface area contributed by atoms with Gasteiger partial charge in [0.2, 0.25) is 0 Å². The molecular formula is C29H24F4N4O2. The molecule has 0 radical (unpaired) electrons. The molecule has 6 nitrogen and oxygen atoms in total. The number of nitrogens with zero attached hydrogens (tertiary/aromatic N) is 3. The van der Waals surface area contributed by atoms with Gasteiger partial charge in [-0.2, -0.15) is 0 Å². The van der Waals surface area contributed by atoms with Crippen LogP contribution < -0.4 is 5.32 Å². The standard InChI is InChI=1S/C29H24F4N4O2/c30-22-3-1-17(11-24(22)32)29(38,18-2-4-23(31)25(33)12-18)27-16-36-19(14-37-27)13-26-20-5-8-35-15-21(20)28(39-26)6-9-34-10-7-28/h1-5,8,11-12,14-16,26,34,38H,6-7,9-10,13H2. The monoisotopic (exact) mass is 536 g/mol. The molecule has 0 amide bonds. The third-order valence-electron chi connectivity index (χ3n) is 7.62. The molecule has 10 heteroatoms. The van der Waals surface area contributed by atoms with Crippen molar-refractivity contribution in [3.63, 3.8) is 0 Å². The second-order valence-corrected chi connectivity index (χ2v) is 9.88. The number of piperidine rings is 1. The van der Waals surface area contributed by atoms with Gasteiger partial charge in [0, 0.05) is 30.6 Å². The van der Waals surface area contributed by atoms with Crippen LogP contribution in [0.5, 0.6) is 0 Å². The molecule has 39 heavy (non-hydrogen) atoms. The molecule has 1 atom stereocenters. The fourth-order valence-electron chi connectivity index (χ4n) is 5.58. The number of aromatic nitrogens is 3. The minimum Gasteiger partial charge on any atom is -0.374 e. The second-order valence-electron chi connectivity index (χ2n) is 9.88. The van der Waals surface area contributed by atoms with Crippen molar-refractivity contribution < 1.29 is 27.4 Å². The molecule has 6 rings (SSSR count). The van der Waals surface area contributed by atoms with Crippen LogP contribution in [0.15, 0.2) is 67.3 Å². The smallest absolute Gasteiger partial charge is 0.159 e. The van der Waals surface area contributed by atoms with Crippen molar-refractivity contribution in [1.82, 2.24) is 20.3 Å². The van der Waals surface area contributed by atoms with Crippen LogP contribution in [-0.2, 0) is 22.4 Å². The zero-order valence-corrected chi connectivity index (χ0v) is 20.7. The van der Waals surface area contributed by atoms with Gasteiger partial charge < -0.3 is 15.2 Å². The number of rotatable bonds is 5. The van der Waals surface area contributed by atoms with E-state index in [1.165, 1.54) is 12.4 Å². The number of pyridine rings is 1. The van der Waals surface area contributed by atoms with Crippen LogP contribution in [-0.4, -0.2) is 33.1 Å². The summed E-state index contributed by atoms with van der Waals surface area (Å²) < 4.78 is 62.3. The molecule has 2 aliphatic heterocycles. The molecule has 2 N–H and O–H groups in total. The highest BCUT2D eigenvalue weighted by molar-refractivity contribution is 5.45. The second kappa shape index (κ2) is 9.78. The van der Waals surface area contributed by atoms with Crippen LogP contribution >= 0.6 is 0 Å². The minimum absolute atomic E-state index is 0.0740. The first kappa shape index (κ1) is 25.5. The highest BCUT2D eigenvalue weighted by Crippen LogP contribution is 2.49. The molecule has 0 aliphatic carbocycles. The van der Waals surface area contributed by atoms with Gasteiger partial charge in [0.25, 0.3) is 0 Å². The molecule has 4 aromatic rings. The summed E-state index contributed by atoms with van der Waals surface area (Å²) in [5, 5.41) is 15.2. The lowest BCUT2D eigenvalue weighted by atomic mass is 9.83. The number of benzene rings is 2. The lowest BCUT2D eigenvalue weighted by Crippen LogP contribution is -2.39. The van der Waals surface area contributed by atoms with Gasteiger partial charge in [-0.3, -0.25) is 15.0 Å². The van der Waals surface area contributed by atoms with E-state index in [1.54, 1.807) is 6.20 Å². The first-order valence-electron chi connectivity index (χ1n) is 12.6. The van der Waals surface area contributed by atoms with E-state index in [0.717, 1.165) is 73.5 Å². The van der Waals surface area contributed by atoms with Crippen molar-refractivity contribution in [2.45, 2.75) is 36.6 Å². The Balaban J connectivity index is 1.35. The van der Waals surface area contributed by atoms with Gasteiger partial charge in [-0.15, -0.1) is 0 Å². The molecular weight excluding hydrogens is 512 g/mol. The van der Waals surface area contributed by atoms with Crippen molar-refractivity contribution in [2.75, 3.05) is 13.1 Å². The summed E-state index contributed by atoms with van der Waals surface area (Å²) in [5.74, 6) is -4.66. The first-order valence-corrected chi connectivity index (χ1v) is 12.6. The zero-order valence-electron chi connectivity index (χ0n) is 20.7. The third kappa shape index (κ3) is 4.38. The van der Waals surface area contributed by atoms with Gasteiger partial charge in [0.05, 0.1) is 29.3 Å². The highest BCUT2D eigenvalue weighted by atomic mass is 19.2. The molecule has 200 valence electrons. The van der Waals surface area contributed by atoms with E-state index in [1.807, 2.05) is 12.3 Å². The van der Waals surface area contributed by atoms with E-state index in [-0.39, 0.29) is 22.9 Å². The number of hydrogen-bond acceptors (Lipinski definition) is 6. The minimum atomic E-state index is -2.24. The van der Waals surface area contributed by atoms with Crippen LogP contribution in [0.3, 0.4) is 0 Å². The normalized spacial score (nSPS) is 18.3.